The lowest BCUT2D eigenvalue weighted by Gasteiger charge is -2.11. The third kappa shape index (κ3) is 4.00. The Morgan fingerprint density at radius 3 is 2.65 bits per heavy atom. The van der Waals surface area contributed by atoms with Crippen molar-refractivity contribution in [2.75, 3.05) is 10.6 Å². The number of rotatable bonds is 5. The number of carbonyl (C=O) groups is 1. The Bertz CT molecular complexity index is 943. The number of nitrogens with one attached hydrogen (secondary N) is 2. The number of anilines is 3. The summed E-state index contributed by atoms with van der Waals surface area (Å²) in [5.74, 6) is 0.0611. The zero-order chi connectivity index (χ0) is 18.5. The second-order valence-electron chi connectivity index (χ2n) is 5.77. The highest BCUT2D eigenvalue weighted by Gasteiger charge is 2.12. The Morgan fingerprint density at radius 1 is 1.08 bits per heavy atom. The molecular weight excluding hydrogens is 348 g/mol. The third-order valence-corrected chi connectivity index (χ3v) is 4.46. The first-order chi connectivity index (χ1) is 12.6. The maximum atomic E-state index is 12.6. The van der Waals surface area contributed by atoms with Crippen LogP contribution in [0, 0.1) is 6.92 Å². The fourth-order valence-electron chi connectivity index (χ4n) is 2.55. The fourth-order valence-corrected chi connectivity index (χ4v) is 2.72. The van der Waals surface area contributed by atoms with Gasteiger partial charge < -0.3 is 10.6 Å². The second kappa shape index (κ2) is 7.97. The molecule has 2 N–H and O–H groups in total. The van der Waals surface area contributed by atoms with Gasteiger partial charge in [0.05, 0.1) is 0 Å². The highest BCUT2D eigenvalue weighted by Crippen LogP contribution is 2.25. The molecule has 1 aromatic heterocycles. The van der Waals surface area contributed by atoms with Gasteiger partial charge in [0.2, 0.25) is 5.95 Å². The number of benzene rings is 2. The Kier molecular flexibility index (Phi) is 5.49. The largest absolute Gasteiger partial charge is 0.324 e. The molecule has 0 atom stereocenters. The number of amides is 1. The van der Waals surface area contributed by atoms with Crippen molar-refractivity contribution in [3.05, 3.63) is 76.6 Å². The molecule has 0 saturated carbocycles. The topological polar surface area (TPSA) is 66.9 Å². The molecule has 0 aliphatic rings. The lowest BCUT2D eigenvalue weighted by Crippen LogP contribution is -2.15. The summed E-state index contributed by atoms with van der Waals surface area (Å²) in [5, 5.41) is 6.67. The molecule has 26 heavy (non-hydrogen) atoms. The molecule has 6 heteroatoms. The molecule has 132 valence electrons. The molecule has 0 bridgehead atoms. The Morgan fingerprint density at radius 2 is 1.85 bits per heavy atom. The second-order valence-corrected chi connectivity index (χ2v) is 6.17. The van der Waals surface area contributed by atoms with Crippen molar-refractivity contribution in [1.29, 1.82) is 0 Å². The number of aromatic nitrogens is 2. The number of para-hydroxylation sites is 1. The summed E-state index contributed by atoms with van der Waals surface area (Å²) in [6.45, 7) is 3.95. The summed E-state index contributed by atoms with van der Waals surface area (Å²) >= 11 is 6.14. The van der Waals surface area contributed by atoms with Crippen LogP contribution in [0.25, 0.3) is 0 Å². The van der Waals surface area contributed by atoms with Gasteiger partial charge in [-0.2, -0.15) is 0 Å². The quantitative estimate of drug-likeness (QED) is 0.667. The van der Waals surface area contributed by atoms with Crippen LogP contribution >= 0.6 is 11.6 Å². The van der Waals surface area contributed by atoms with E-state index in [0.29, 0.717) is 11.0 Å². The normalized spacial score (nSPS) is 10.4. The van der Waals surface area contributed by atoms with Crippen LogP contribution in [0.4, 0.5) is 17.3 Å². The van der Waals surface area contributed by atoms with Gasteiger partial charge in [0.1, 0.15) is 5.69 Å². The van der Waals surface area contributed by atoms with Gasteiger partial charge in [-0.3, -0.25) is 4.79 Å². The number of hydrogen-bond acceptors (Lipinski definition) is 4. The van der Waals surface area contributed by atoms with E-state index in [2.05, 4.69) is 20.6 Å². The van der Waals surface area contributed by atoms with Gasteiger partial charge in [-0.1, -0.05) is 42.8 Å². The number of halogens is 1. The summed E-state index contributed by atoms with van der Waals surface area (Å²) in [4.78, 5) is 21.1. The molecule has 3 rings (SSSR count). The molecule has 0 radical (unpaired) electrons. The average molecular weight is 367 g/mol. The molecule has 0 fully saturated rings. The van der Waals surface area contributed by atoms with Crippen molar-refractivity contribution in [3.63, 3.8) is 0 Å². The van der Waals surface area contributed by atoms with Crippen molar-refractivity contribution in [1.82, 2.24) is 9.97 Å². The number of aryl methyl sites for hydroxylation is 1. The summed E-state index contributed by atoms with van der Waals surface area (Å²) in [6, 6.07) is 14.8. The van der Waals surface area contributed by atoms with Gasteiger partial charge in [-0.25, -0.2) is 9.97 Å². The molecule has 0 aliphatic heterocycles. The summed E-state index contributed by atoms with van der Waals surface area (Å²) in [6.07, 6.45) is 2.39. The van der Waals surface area contributed by atoms with Crippen LogP contribution in [0.5, 0.6) is 0 Å². The third-order valence-electron chi connectivity index (χ3n) is 4.05. The molecule has 0 aliphatic carbocycles. The highest BCUT2D eigenvalue weighted by atomic mass is 35.5. The highest BCUT2D eigenvalue weighted by molar-refractivity contribution is 6.31. The van der Waals surface area contributed by atoms with Gasteiger partial charge in [0.15, 0.2) is 0 Å². The fraction of sp³-hybridized carbons (Fsp3) is 0.150. The van der Waals surface area contributed by atoms with Gasteiger partial charge in [0.25, 0.3) is 5.91 Å². The first-order valence-corrected chi connectivity index (χ1v) is 8.70. The predicted molar refractivity (Wildman–Crippen MR) is 105 cm³/mol. The minimum atomic E-state index is -0.279. The van der Waals surface area contributed by atoms with Gasteiger partial charge in [0, 0.05) is 22.6 Å². The van der Waals surface area contributed by atoms with Crippen molar-refractivity contribution in [2.45, 2.75) is 20.3 Å². The molecule has 1 heterocycles. The van der Waals surface area contributed by atoms with Crippen LogP contribution in [-0.2, 0) is 6.42 Å². The van der Waals surface area contributed by atoms with Crippen LogP contribution < -0.4 is 10.6 Å². The minimum absolute atomic E-state index is 0.279. The van der Waals surface area contributed by atoms with Gasteiger partial charge in [-0.05, 0) is 48.7 Å². The number of hydrogen-bond donors (Lipinski definition) is 2. The van der Waals surface area contributed by atoms with Crippen LogP contribution in [0.1, 0.15) is 28.5 Å². The zero-order valence-electron chi connectivity index (χ0n) is 14.6. The van der Waals surface area contributed by atoms with Crippen LogP contribution in [0.2, 0.25) is 5.02 Å². The summed E-state index contributed by atoms with van der Waals surface area (Å²) in [5.41, 5.74) is 3.84. The van der Waals surface area contributed by atoms with E-state index in [1.165, 1.54) is 0 Å². The van der Waals surface area contributed by atoms with E-state index in [1.54, 1.807) is 12.3 Å². The Balaban J connectivity index is 1.80. The van der Waals surface area contributed by atoms with Gasteiger partial charge in [-0.15, -0.1) is 0 Å². The molecule has 0 unspecified atom stereocenters. The van der Waals surface area contributed by atoms with Crippen molar-refractivity contribution < 1.29 is 4.79 Å². The van der Waals surface area contributed by atoms with Crippen LogP contribution in [-0.4, -0.2) is 15.9 Å². The standard InChI is InChI=1S/C20H19ClN4O/c1-3-14-7-4-5-9-17(14)23-19(26)18-11-12-22-20(25-18)24-16-10-6-8-15(21)13(16)2/h4-12H,3H2,1-2H3,(H,23,26)(H,22,24,25). The SMILES string of the molecule is CCc1ccccc1NC(=O)c1ccnc(Nc2cccc(Cl)c2C)n1. The monoisotopic (exact) mass is 366 g/mol. The maximum absolute atomic E-state index is 12.6. The average Bonchev–Trinajstić information content (AvgIpc) is 2.66. The summed E-state index contributed by atoms with van der Waals surface area (Å²) in [7, 11) is 0. The van der Waals surface area contributed by atoms with E-state index in [9.17, 15) is 4.79 Å². The van der Waals surface area contributed by atoms with Crippen molar-refractivity contribution in [2.24, 2.45) is 0 Å². The van der Waals surface area contributed by atoms with E-state index in [-0.39, 0.29) is 11.6 Å². The number of carbonyl (C=O) groups excluding carboxylic acids is 1. The smallest absolute Gasteiger partial charge is 0.274 e. The predicted octanol–water partition coefficient (Wildman–Crippen LogP) is 5.00. The van der Waals surface area contributed by atoms with Crippen molar-refractivity contribution in [3.8, 4) is 0 Å². The molecule has 0 saturated heterocycles. The number of nitrogens with zero attached hydrogens (tertiary/aromatic N) is 2. The Hall–Kier alpha value is -2.92. The lowest BCUT2D eigenvalue weighted by atomic mass is 10.1. The molecule has 2 aromatic carbocycles. The molecule has 0 spiro atoms. The lowest BCUT2D eigenvalue weighted by molar-refractivity contribution is 0.102. The Labute approximate surface area is 157 Å². The van der Waals surface area contributed by atoms with Gasteiger partial charge >= 0.3 is 0 Å². The maximum Gasteiger partial charge on any atom is 0.274 e. The van der Waals surface area contributed by atoms with Crippen molar-refractivity contribution >= 4 is 34.8 Å². The van der Waals surface area contributed by atoms with E-state index >= 15 is 0 Å². The van der Waals surface area contributed by atoms with Crippen LogP contribution in [0.3, 0.4) is 0 Å². The van der Waals surface area contributed by atoms with E-state index in [0.717, 1.165) is 28.9 Å². The van der Waals surface area contributed by atoms with Crippen LogP contribution in [0.15, 0.2) is 54.7 Å². The first kappa shape index (κ1) is 17.9. The van der Waals surface area contributed by atoms with E-state index in [4.69, 9.17) is 11.6 Å². The minimum Gasteiger partial charge on any atom is -0.324 e. The zero-order valence-corrected chi connectivity index (χ0v) is 15.3. The van der Waals surface area contributed by atoms with E-state index in [1.807, 2.05) is 56.3 Å². The summed E-state index contributed by atoms with van der Waals surface area (Å²) < 4.78 is 0. The molecule has 1 amide bonds. The molecule has 5 nitrogen and oxygen atoms in total. The van der Waals surface area contributed by atoms with E-state index < -0.39 is 0 Å². The first-order valence-electron chi connectivity index (χ1n) is 8.33. The molecule has 3 aromatic rings. The molecular formula is C20H19ClN4O.